The van der Waals surface area contributed by atoms with Crippen molar-refractivity contribution in [3.63, 3.8) is 0 Å². The largest absolute Gasteiger partial charge is 0.497 e. The number of amides is 1. The van der Waals surface area contributed by atoms with E-state index < -0.39 is 0 Å². The van der Waals surface area contributed by atoms with Crippen molar-refractivity contribution in [2.75, 3.05) is 24.8 Å². The van der Waals surface area contributed by atoms with Crippen molar-refractivity contribution in [1.29, 1.82) is 0 Å². The number of nitrogen functional groups attached to an aromatic ring is 1. The first-order valence-corrected chi connectivity index (χ1v) is 6.38. The number of anilines is 2. The van der Waals surface area contributed by atoms with E-state index >= 15 is 0 Å². The number of aromatic nitrogens is 1. The lowest BCUT2D eigenvalue weighted by molar-refractivity contribution is -0.118. The molecule has 0 unspecified atom stereocenters. The van der Waals surface area contributed by atoms with Crippen LogP contribution in [0.1, 0.15) is 0 Å². The standard InChI is InChI=1S/C15H17N3O3/c1-17(12-4-3-5-13(8-12)21-2)15(20)10-18-9-11(16)6-7-14(18)19/h3-9H,10,16H2,1-2H3. The second-order valence-electron chi connectivity index (χ2n) is 4.58. The molecule has 0 fully saturated rings. The Balaban J connectivity index is 2.19. The van der Waals surface area contributed by atoms with Gasteiger partial charge in [-0.3, -0.25) is 9.59 Å². The molecule has 0 saturated heterocycles. The van der Waals surface area contributed by atoms with E-state index in [4.69, 9.17) is 10.5 Å². The van der Waals surface area contributed by atoms with Crippen LogP contribution in [0.4, 0.5) is 11.4 Å². The van der Waals surface area contributed by atoms with Gasteiger partial charge in [0, 0.05) is 36.8 Å². The average molecular weight is 287 g/mol. The molecule has 0 aliphatic heterocycles. The van der Waals surface area contributed by atoms with Crippen molar-refractivity contribution in [3.05, 3.63) is 52.9 Å². The number of hydrogen-bond acceptors (Lipinski definition) is 4. The van der Waals surface area contributed by atoms with Crippen LogP contribution in [0.3, 0.4) is 0 Å². The fourth-order valence-electron chi connectivity index (χ4n) is 1.89. The van der Waals surface area contributed by atoms with E-state index in [1.807, 2.05) is 0 Å². The van der Waals surface area contributed by atoms with Crippen LogP contribution in [0.15, 0.2) is 47.4 Å². The van der Waals surface area contributed by atoms with Crippen molar-refractivity contribution in [3.8, 4) is 5.75 Å². The van der Waals surface area contributed by atoms with Gasteiger partial charge >= 0.3 is 0 Å². The zero-order valence-electron chi connectivity index (χ0n) is 11.9. The number of methoxy groups -OCH3 is 1. The SMILES string of the molecule is COc1cccc(N(C)C(=O)Cn2cc(N)ccc2=O)c1. The fraction of sp³-hybridized carbons (Fsp3) is 0.200. The molecule has 1 heterocycles. The molecule has 1 aromatic heterocycles. The molecule has 0 aliphatic rings. The molecule has 0 radical (unpaired) electrons. The van der Waals surface area contributed by atoms with Gasteiger partial charge in [-0.1, -0.05) is 6.07 Å². The summed E-state index contributed by atoms with van der Waals surface area (Å²) < 4.78 is 6.41. The molecule has 110 valence electrons. The highest BCUT2D eigenvalue weighted by molar-refractivity contribution is 5.92. The summed E-state index contributed by atoms with van der Waals surface area (Å²) in [5.74, 6) is 0.434. The number of nitrogens with zero attached hydrogens (tertiary/aromatic N) is 2. The van der Waals surface area contributed by atoms with Gasteiger partial charge in [-0.2, -0.15) is 0 Å². The third-order valence-electron chi connectivity index (χ3n) is 3.13. The minimum atomic E-state index is -0.267. The van der Waals surface area contributed by atoms with Crippen LogP contribution in [0.5, 0.6) is 5.75 Å². The Labute approximate surface area is 122 Å². The zero-order chi connectivity index (χ0) is 15.4. The van der Waals surface area contributed by atoms with Crippen LogP contribution in [-0.4, -0.2) is 24.6 Å². The summed E-state index contributed by atoms with van der Waals surface area (Å²) >= 11 is 0. The number of ether oxygens (including phenoxy) is 1. The Morgan fingerprint density at radius 1 is 1.33 bits per heavy atom. The quantitative estimate of drug-likeness (QED) is 0.913. The smallest absolute Gasteiger partial charge is 0.251 e. The second kappa shape index (κ2) is 6.13. The summed E-state index contributed by atoms with van der Waals surface area (Å²) in [5, 5.41) is 0. The van der Waals surface area contributed by atoms with E-state index in [-0.39, 0.29) is 18.0 Å². The predicted octanol–water partition coefficient (Wildman–Crippen LogP) is 1.10. The minimum absolute atomic E-state index is 0.0718. The third kappa shape index (κ3) is 3.42. The summed E-state index contributed by atoms with van der Waals surface area (Å²) in [4.78, 5) is 25.4. The lowest BCUT2D eigenvalue weighted by Crippen LogP contribution is -2.33. The van der Waals surface area contributed by atoms with Gasteiger partial charge in [0.05, 0.1) is 7.11 Å². The number of benzene rings is 1. The van der Waals surface area contributed by atoms with Gasteiger partial charge in [0.2, 0.25) is 5.91 Å². The summed E-state index contributed by atoms with van der Waals surface area (Å²) in [5.41, 5.74) is 6.49. The number of hydrogen-bond donors (Lipinski definition) is 1. The maximum atomic E-state index is 12.3. The molecule has 0 aliphatic carbocycles. The van der Waals surface area contributed by atoms with Crippen LogP contribution >= 0.6 is 0 Å². The fourth-order valence-corrected chi connectivity index (χ4v) is 1.89. The Morgan fingerprint density at radius 3 is 2.81 bits per heavy atom. The van der Waals surface area contributed by atoms with E-state index in [0.717, 1.165) is 0 Å². The highest BCUT2D eigenvalue weighted by Crippen LogP contribution is 2.20. The Bertz CT molecular complexity index is 709. The topological polar surface area (TPSA) is 77.6 Å². The normalized spacial score (nSPS) is 10.2. The van der Waals surface area contributed by atoms with Gasteiger partial charge in [-0.15, -0.1) is 0 Å². The summed E-state index contributed by atoms with van der Waals surface area (Å²) in [7, 11) is 3.21. The Kier molecular flexibility index (Phi) is 4.27. The number of rotatable bonds is 4. The molecule has 0 atom stereocenters. The molecule has 2 N–H and O–H groups in total. The summed E-state index contributed by atoms with van der Waals surface area (Å²) in [6.07, 6.45) is 1.46. The number of pyridine rings is 1. The van der Waals surface area contributed by atoms with Gasteiger partial charge in [-0.25, -0.2) is 0 Å². The zero-order valence-corrected chi connectivity index (χ0v) is 11.9. The van der Waals surface area contributed by atoms with Crippen molar-refractivity contribution < 1.29 is 9.53 Å². The lowest BCUT2D eigenvalue weighted by atomic mass is 10.2. The molecule has 2 aromatic rings. The molecular weight excluding hydrogens is 270 g/mol. The maximum absolute atomic E-state index is 12.3. The first-order chi connectivity index (χ1) is 10.0. The highest BCUT2D eigenvalue weighted by atomic mass is 16.5. The van der Waals surface area contributed by atoms with E-state index in [1.165, 1.54) is 27.8 Å². The van der Waals surface area contributed by atoms with E-state index in [1.54, 1.807) is 38.4 Å². The van der Waals surface area contributed by atoms with Crippen LogP contribution in [0.25, 0.3) is 0 Å². The molecule has 6 heteroatoms. The molecule has 0 spiro atoms. The van der Waals surface area contributed by atoms with Gasteiger partial charge in [0.1, 0.15) is 12.3 Å². The van der Waals surface area contributed by atoms with Gasteiger partial charge in [0.25, 0.3) is 5.56 Å². The molecule has 0 bridgehead atoms. The van der Waals surface area contributed by atoms with Gasteiger partial charge < -0.3 is 19.9 Å². The molecule has 2 rings (SSSR count). The first kappa shape index (κ1) is 14.6. The van der Waals surface area contributed by atoms with Crippen LogP contribution in [-0.2, 0) is 11.3 Å². The van der Waals surface area contributed by atoms with Crippen molar-refractivity contribution in [2.45, 2.75) is 6.54 Å². The van der Waals surface area contributed by atoms with E-state index in [0.29, 0.717) is 17.1 Å². The maximum Gasteiger partial charge on any atom is 0.251 e. The molecule has 1 amide bonds. The van der Waals surface area contributed by atoms with Crippen LogP contribution in [0.2, 0.25) is 0 Å². The summed E-state index contributed by atoms with van der Waals surface area (Å²) in [6, 6.07) is 9.99. The Morgan fingerprint density at radius 2 is 2.10 bits per heavy atom. The van der Waals surface area contributed by atoms with E-state index in [9.17, 15) is 9.59 Å². The second-order valence-corrected chi connectivity index (χ2v) is 4.58. The highest BCUT2D eigenvalue weighted by Gasteiger charge is 2.13. The first-order valence-electron chi connectivity index (χ1n) is 6.38. The van der Waals surface area contributed by atoms with E-state index in [2.05, 4.69) is 0 Å². The van der Waals surface area contributed by atoms with Gasteiger partial charge in [-0.05, 0) is 18.2 Å². The van der Waals surface area contributed by atoms with Crippen molar-refractivity contribution in [1.82, 2.24) is 4.57 Å². The van der Waals surface area contributed by atoms with Crippen LogP contribution < -0.4 is 20.9 Å². The monoisotopic (exact) mass is 287 g/mol. The molecular formula is C15H17N3O3. The average Bonchev–Trinajstić information content (AvgIpc) is 2.50. The number of carbonyl (C=O) groups excluding carboxylic acids is 1. The van der Waals surface area contributed by atoms with Gasteiger partial charge in [0.15, 0.2) is 0 Å². The molecule has 21 heavy (non-hydrogen) atoms. The third-order valence-corrected chi connectivity index (χ3v) is 3.13. The van der Waals surface area contributed by atoms with Crippen molar-refractivity contribution >= 4 is 17.3 Å². The number of likely N-dealkylation sites (N-methyl/N-ethyl adjacent to an activating group) is 1. The molecule has 1 aromatic carbocycles. The Hall–Kier alpha value is -2.76. The van der Waals surface area contributed by atoms with Crippen LogP contribution in [0, 0.1) is 0 Å². The summed E-state index contributed by atoms with van der Waals surface area (Å²) in [6.45, 7) is -0.0718. The molecule has 6 nitrogen and oxygen atoms in total. The molecule has 0 saturated carbocycles. The predicted molar refractivity (Wildman–Crippen MR) is 81.5 cm³/mol. The lowest BCUT2D eigenvalue weighted by Gasteiger charge is -2.18. The minimum Gasteiger partial charge on any atom is -0.497 e. The number of carbonyl (C=O) groups is 1. The van der Waals surface area contributed by atoms with Crippen molar-refractivity contribution in [2.24, 2.45) is 0 Å². The number of nitrogens with two attached hydrogens (primary N) is 1.